The number of halogens is 1. The molecule has 1 aromatic carbocycles. The van der Waals surface area contributed by atoms with Crippen LogP contribution in [0.5, 0.6) is 0 Å². The van der Waals surface area contributed by atoms with Crippen LogP contribution in [0.3, 0.4) is 0 Å². The molecule has 0 aliphatic heterocycles. The van der Waals surface area contributed by atoms with Gasteiger partial charge in [0.25, 0.3) is 0 Å². The molecule has 0 heterocycles. The quantitative estimate of drug-likeness (QED) is 0.534. The summed E-state index contributed by atoms with van der Waals surface area (Å²) in [5.41, 5.74) is 12.0. The molecule has 0 saturated heterocycles. The van der Waals surface area contributed by atoms with Crippen molar-refractivity contribution in [1.82, 2.24) is 0 Å². The summed E-state index contributed by atoms with van der Waals surface area (Å²) in [6.45, 7) is 0. The molecule has 0 bridgehead atoms. The van der Waals surface area contributed by atoms with Gasteiger partial charge in [0.15, 0.2) is 0 Å². The lowest BCUT2D eigenvalue weighted by Crippen LogP contribution is -1.87. The molecule has 1 radical (unpaired) electrons. The van der Waals surface area contributed by atoms with Crippen molar-refractivity contribution in [3.63, 3.8) is 0 Å². The predicted molar refractivity (Wildman–Crippen MR) is 41.4 cm³/mol. The van der Waals surface area contributed by atoms with Crippen LogP contribution in [0, 0.1) is 6.07 Å². The van der Waals surface area contributed by atoms with Gasteiger partial charge in [0.05, 0.1) is 0 Å². The van der Waals surface area contributed by atoms with E-state index in [1.165, 1.54) is 0 Å². The number of rotatable bonds is 0. The van der Waals surface area contributed by atoms with Crippen molar-refractivity contribution in [3.8, 4) is 0 Å². The van der Waals surface area contributed by atoms with Gasteiger partial charge in [-0.1, -0.05) is 6.07 Å². The molecule has 4 N–H and O–H groups in total. The van der Waals surface area contributed by atoms with E-state index in [-0.39, 0.29) is 12.4 Å². The Morgan fingerprint density at radius 3 is 2.33 bits per heavy atom. The standard InChI is InChI=1S/C6H7N2.ClH/c7-5-2-1-3-6(8)4-5;/h1-2,4H,7-8H2;1H. The van der Waals surface area contributed by atoms with E-state index in [0.717, 1.165) is 0 Å². The third kappa shape index (κ3) is 2.24. The molecular formula is C6H8ClN2. The summed E-state index contributed by atoms with van der Waals surface area (Å²) in [6.07, 6.45) is 0. The molecule has 0 aliphatic rings. The number of hydrogen-bond acceptors (Lipinski definition) is 2. The van der Waals surface area contributed by atoms with Crippen molar-refractivity contribution in [2.24, 2.45) is 0 Å². The Labute approximate surface area is 60.3 Å². The Kier molecular flexibility index (Phi) is 2.88. The van der Waals surface area contributed by atoms with Crippen LogP contribution in [0.2, 0.25) is 0 Å². The van der Waals surface area contributed by atoms with E-state index in [1.807, 2.05) is 0 Å². The van der Waals surface area contributed by atoms with E-state index in [9.17, 15) is 0 Å². The van der Waals surface area contributed by atoms with Gasteiger partial charge in [0, 0.05) is 17.4 Å². The van der Waals surface area contributed by atoms with Crippen LogP contribution in [-0.2, 0) is 0 Å². The van der Waals surface area contributed by atoms with Gasteiger partial charge in [-0.05, 0) is 12.1 Å². The summed E-state index contributed by atoms with van der Waals surface area (Å²) in [5.74, 6) is 0. The Balaban J connectivity index is 0.000000640. The molecular weight excluding hydrogens is 136 g/mol. The van der Waals surface area contributed by atoms with Crippen molar-refractivity contribution in [2.75, 3.05) is 11.5 Å². The number of anilines is 2. The van der Waals surface area contributed by atoms with Crippen molar-refractivity contribution in [3.05, 3.63) is 24.3 Å². The molecule has 2 nitrogen and oxygen atoms in total. The average molecular weight is 144 g/mol. The van der Waals surface area contributed by atoms with Crippen LogP contribution in [-0.4, -0.2) is 0 Å². The van der Waals surface area contributed by atoms with Crippen molar-refractivity contribution < 1.29 is 0 Å². The molecule has 49 valence electrons. The van der Waals surface area contributed by atoms with Gasteiger partial charge < -0.3 is 11.5 Å². The van der Waals surface area contributed by atoms with E-state index in [2.05, 4.69) is 6.07 Å². The minimum Gasteiger partial charge on any atom is -0.399 e. The highest BCUT2D eigenvalue weighted by Crippen LogP contribution is 2.05. The highest BCUT2D eigenvalue weighted by Gasteiger charge is 1.82. The van der Waals surface area contributed by atoms with Crippen LogP contribution < -0.4 is 11.5 Å². The van der Waals surface area contributed by atoms with E-state index >= 15 is 0 Å². The summed E-state index contributed by atoms with van der Waals surface area (Å²) in [4.78, 5) is 0. The minimum atomic E-state index is 0. The SMILES string of the molecule is Cl.Nc1[c]ccc(N)c1. The molecule has 0 aromatic heterocycles. The summed E-state index contributed by atoms with van der Waals surface area (Å²) < 4.78 is 0. The lowest BCUT2D eigenvalue weighted by atomic mass is 10.3. The highest BCUT2D eigenvalue weighted by molar-refractivity contribution is 5.85. The third-order valence-corrected chi connectivity index (χ3v) is 0.848. The number of benzene rings is 1. The van der Waals surface area contributed by atoms with E-state index in [4.69, 9.17) is 11.5 Å². The molecule has 0 atom stereocenters. The Bertz CT molecular complexity index is 171. The summed E-state index contributed by atoms with van der Waals surface area (Å²) in [6, 6.07) is 7.88. The number of nitrogen functional groups attached to an aromatic ring is 2. The zero-order valence-electron chi connectivity index (χ0n) is 4.79. The van der Waals surface area contributed by atoms with Gasteiger partial charge in [-0.25, -0.2) is 0 Å². The van der Waals surface area contributed by atoms with E-state index < -0.39 is 0 Å². The first-order valence-electron chi connectivity index (χ1n) is 2.32. The Hall–Kier alpha value is -0.890. The lowest BCUT2D eigenvalue weighted by molar-refractivity contribution is 1.65. The fraction of sp³-hybridized carbons (Fsp3) is 0. The maximum Gasteiger partial charge on any atom is 0.0415 e. The van der Waals surface area contributed by atoms with Crippen molar-refractivity contribution in [2.45, 2.75) is 0 Å². The van der Waals surface area contributed by atoms with E-state index in [0.29, 0.717) is 11.4 Å². The summed E-state index contributed by atoms with van der Waals surface area (Å²) in [7, 11) is 0. The first-order valence-corrected chi connectivity index (χ1v) is 2.32. The second kappa shape index (κ2) is 3.20. The normalized spacial score (nSPS) is 8.00. The van der Waals surface area contributed by atoms with Crippen LogP contribution in [0.25, 0.3) is 0 Å². The average Bonchev–Trinajstić information content (AvgIpc) is 1.64. The molecule has 0 spiro atoms. The third-order valence-electron chi connectivity index (χ3n) is 0.848. The highest BCUT2D eigenvalue weighted by atomic mass is 35.5. The van der Waals surface area contributed by atoms with Gasteiger partial charge >= 0.3 is 0 Å². The monoisotopic (exact) mass is 143 g/mol. The smallest absolute Gasteiger partial charge is 0.0415 e. The molecule has 0 unspecified atom stereocenters. The van der Waals surface area contributed by atoms with Crippen molar-refractivity contribution >= 4 is 23.8 Å². The second-order valence-electron chi connectivity index (χ2n) is 1.58. The second-order valence-corrected chi connectivity index (χ2v) is 1.58. The van der Waals surface area contributed by atoms with Crippen LogP contribution in [0.1, 0.15) is 0 Å². The molecule has 9 heavy (non-hydrogen) atoms. The zero-order chi connectivity index (χ0) is 5.98. The first-order chi connectivity index (χ1) is 3.79. The predicted octanol–water partition coefficient (Wildman–Crippen LogP) is 1.07. The molecule has 1 aromatic rings. The van der Waals surface area contributed by atoms with Gasteiger partial charge in [-0.2, -0.15) is 0 Å². The molecule has 3 heteroatoms. The minimum absolute atomic E-state index is 0. The maximum atomic E-state index is 5.36. The molecule has 0 aliphatic carbocycles. The van der Waals surface area contributed by atoms with Gasteiger partial charge in [-0.15, -0.1) is 12.4 Å². The van der Waals surface area contributed by atoms with Crippen LogP contribution in [0.15, 0.2) is 18.2 Å². The van der Waals surface area contributed by atoms with Gasteiger partial charge in [-0.3, -0.25) is 0 Å². The molecule has 1 rings (SSSR count). The zero-order valence-corrected chi connectivity index (χ0v) is 5.61. The molecule has 0 saturated carbocycles. The maximum absolute atomic E-state index is 5.36. The fourth-order valence-corrected chi connectivity index (χ4v) is 0.503. The Morgan fingerprint density at radius 2 is 2.00 bits per heavy atom. The summed E-state index contributed by atoms with van der Waals surface area (Å²) in [5, 5.41) is 0. The number of nitrogens with two attached hydrogens (primary N) is 2. The topological polar surface area (TPSA) is 52.0 Å². The van der Waals surface area contributed by atoms with Gasteiger partial charge in [0.2, 0.25) is 0 Å². The van der Waals surface area contributed by atoms with Crippen molar-refractivity contribution in [1.29, 1.82) is 0 Å². The van der Waals surface area contributed by atoms with Crippen LogP contribution in [0.4, 0.5) is 11.4 Å². The number of hydrogen-bond donors (Lipinski definition) is 2. The Morgan fingerprint density at radius 1 is 1.33 bits per heavy atom. The van der Waals surface area contributed by atoms with Gasteiger partial charge in [0.1, 0.15) is 0 Å². The lowest BCUT2D eigenvalue weighted by Gasteiger charge is -1.90. The molecule has 0 amide bonds. The summed E-state index contributed by atoms with van der Waals surface area (Å²) >= 11 is 0. The fourth-order valence-electron chi connectivity index (χ4n) is 0.503. The molecule has 0 fully saturated rings. The van der Waals surface area contributed by atoms with Crippen LogP contribution >= 0.6 is 12.4 Å². The van der Waals surface area contributed by atoms with E-state index in [1.54, 1.807) is 18.2 Å². The largest absolute Gasteiger partial charge is 0.399 e. The first kappa shape index (κ1) is 8.11.